The Morgan fingerprint density at radius 2 is 2.02 bits per heavy atom. The molecule has 2 fully saturated rings. The Kier molecular flexibility index (Phi) is 8.40. The van der Waals surface area contributed by atoms with E-state index < -0.39 is 25.4 Å². The van der Waals surface area contributed by atoms with Crippen molar-refractivity contribution < 1.29 is 24.1 Å². The Balaban J connectivity index is 1.45. The van der Waals surface area contributed by atoms with Gasteiger partial charge in [-0.05, 0) is 45.4 Å². The highest BCUT2D eigenvalue weighted by Crippen LogP contribution is 2.45. The molecule has 0 spiro atoms. The highest BCUT2D eigenvalue weighted by atomic mass is 28.3. The molecule has 0 aromatic carbocycles. The normalized spacial score (nSPS) is 23.2. The first-order valence-electron chi connectivity index (χ1n) is 14.8. The smallest absolute Gasteiger partial charge is 0.407 e. The van der Waals surface area contributed by atoms with Gasteiger partial charge in [-0.25, -0.2) is 14.5 Å². The van der Waals surface area contributed by atoms with Gasteiger partial charge in [0.15, 0.2) is 11.5 Å². The summed E-state index contributed by atoms with van der Waals surface area (Å²) in [6, 6.07) is 4.84. The third-order valence-corrected chi connectivity index (χ3v) is 9.41. The van der Waals surface area contributed by atoms with Gasteiger partial charge in [0.2, 0.25) is 0 Å². The fourth-order valence-corrected chi connectivity index (χ4v) is 6.20. The molecule has 3 aromatic heterocycles. The molecule has 0 bridgehead atoms. The number of aliphatic hydroxyl groups is 1. The number of nitrogens with one attached hydrogen (secondary N) is 1. The molecule has 1 aliphatic carbocycles. The van der Waals surface area contributed by atoms with Gasteiger partial charge >= 0.3 is 6.09 Å². The largest absolute Gasteiger partial charge is 0.444 e. The van der Waals surface area contributed by atoms with Crippen molar-refractivity contribution in [2.45, 2.75) is 96.2 Å². The van der Waals surface area contributed by atoms with Gasteiger partial charge in [0.1, 0.15) is 18.1 Å². The average Bonchev–Trinajstić information content (AvgIpc) is 3.50. The standard InChI is InChI=1S/C29H45N7O5Si/c1-20-18-39-11-10-34(20)24-14-23(29(38)15-21(16-29)32-27(37)41-28(2,3)4)22-17-31-36(26(22)33-24)25-8-9-30-35(25)19-40-12-13-42(5,6)7/h8-9,14,17,20-21,38H,10-13,15-16,18-19H2,1-7H3,(H,32,37)/t20-,21?,29?/m1/s1. The van der Waals surface area contributed by atoms with Crippen LogP contribution < -0.4 is 10.2 Å². The summed E-state index contributed by atoms with van der Waals surface area (Å²) in [6.45, 7) is 17.5. The molecular formula is C29H45N7O5Si. The van der Waals surface area contributed by atoms with Crippen LogP contribution in [0.3, 0.4) is 0 Å². The molecule has 1 aliphatic heterocycles. The number of nitrogens with zero attached hydrogens (tertiary/aromatic N) is 6. The number of carbonyl (C=O) groups excluding carboxylic acids is 1. The van der Waals surface area contributed by atoms with Crippen LogP contribution in [0.25, 0.3) is 16.9 Å². The maximum atomic E-state index is 12.4. The Labute approximate surface area is 248 Å². The molecule has 42 heavy (non-hydrogen) atoms. The number of aromatic nitrogens is 5. The first kappa shape index (κ1) is 30.5. The predicted molar refractivity (Wildman–Crippen MR) is 163 cm³/mol. The molecule has 2 N–H and O–H groups in total. The lowest BCUT2D eigenvalue weighted by molar-refractivity contribution is -0.0616. The van der Waals surface area contributed by atoms with Crippen LogP contribution in [0.15, 0.2) is 24.5 Å². The number of hydrogen-bond acceptors (Lipinski definition) is 9. The number of carbonyl (C=O) groups is 1. The number of alkyl carbamates (subject to hydrolysis) is 1. The number of ether oxygens (including phenoxy) is 3. The minimum atomic E-state index is -1.21. The lowest BCUT2D eigenvalue weighted by Gasteiger charge is -2.45. The summed E-state index contributed by atoms with van der Waals surface area (Å²) in [5, 5.41) is 24.7. The summed E-state index contributed by atoms with van der Waals surface area (Å²) >= 11 is 0. The van der Waals surface area contributed by atoms with Crippen LogP contribution in [-0.4, -0.2) is 87.9 Å². The van der Waals surface area contributed by atoms with E-state index in [4.69, 9.17) is 24.3 Å². The zero-order valence-electron chi connectivity index (χ0n) is 25.9. The number of amides is 1. The number of fused-ring (bicyclic) bond motifs is 1. The third-order valence-electron chi connectivity index (χ3n) is 7.70. The van der Waals surface area contributed by atoms with Gasteiger partial charge in [-0.3, -0.25) is 0 Å². The number of morpholine rings is 1. The van der Waals surface area contributed by atoms with Crippen molar-refractivity contribution in [3.05, 3.63) is 30.1 Å². The Morgan fingerprint density at radius 3 is 2.71 bits per heavy atom. The fourth-order valence-electron chi connectivity index (χ4n) is 5.44. The highest BCUT2D eigenvalue weighted by molar-refractivity contribution is 6.76. The van der Waals surface area contributed by atoms with Crippen molar-refractivity contribution in [2.24, 2.45) is 0 Å². The van der Waals surface area contributed by atoms with E-state index in [1.807, 2.05) is 32.9 Å². The molecule has 230 valence electrons. The topological polar surface area (TPSA) is 129 Å². The van der Waals surface area contributed by atoms with Crippen molar-refractivity contribution in [1.29, 1.82) is 0 Å². The lowest BCUT2D eigenvalue weighted by Crippen LogP contribution is -2.54. The van der Waals surface area contributed by atoms with Crippen LogP contribution in [-0.2, 0) is 26.5 Å². The molecule has 1 amide bonds. The van der Waals surface area contributed by atoms with E-state index in [2.05, 4.69) is 41.9 Å². The quantitative estimate of drug-likeness (QED) is 0.277. The van der Waals surface area contributed by atoms with Gasteiger partial charge in [0, 0.05) is 51.6 Å². The van der Waals surface area contributed by atoms with Crippen LogP contribution in [0.1, 0.15) is 46.1 Å². The summed E-state index contributed by atoms with van der Waals surface area (Å²) in [5.74, 6) is 1.48. The molecule has 0 unspecified atom stereocenters. The van der Waals surface area contributed by atoms with Crippen LogP contribution in [0.4, 0.5) is 10.6 Å². The average molecular weight is 600 g/mol. The van der Waals surface area contributed by atoms with E-state index in [9.17, 15) is 9.90 Å². The Hall–Kier alpha value is -3.00. The molecule has 4 heterocycles. The summed E-state index contributed by atoms with van der Waals surface area (Å²) < 4.78 is 20.6. The molecule has 0 radical (unpaired) electrons. The van der Waals surface area contributed by atoms with Crippen molar-refractivity contribution >= 4 is 31.0 Å². The van der Waals surface area contributed by atoms with Crippen LogP contribution in [0.2, 0.25) is 25.7 Å². The molecular weight excluding hydrogens is 554 g/mol. The zero-order valence-corrected chi connectivity index (χ0v) is 26.9. The third kappa shape index (κ3) is 6.79. The number of anilines is 1. The minimum absolute atomic E-state index is 0.121. The van der Waals surface area contributed by atoms with Gasteiger partial charge in [-0.2, -0.15) is 14.9 Å². The SMILES string of the molecule is C[C@@H]1COCCN1c1cc(C2(O)CC(NC(=O)OC(C)(C)C)C2)c2cnn(-c3ccnn3COCC[Si](C)(C)C)c2n1. The van der Waals surface area contributed by atoms with E-state index in [-0.39, 0.29) is 12.1 Å². The van der Waals surface area contributed by atoms with Crippen molar-refractivity contribution in [3.63, 3.8) is 0 Å². The Morgan fingerprint density at radius 1 is 1.26 bits per heavy atom. The molecule has 3 aromatic rings. The second kappa shape index (κ2) is 11.6. The van der Waals surface area contributed by atoms with Gasteiger partial charge in [0.05, 0.1) is 37.3 Å². The predicted octanol–water partition coefficient (Wildman–Crippen LogP) is 4.03. The second-order valence-corrected chi connectivity index (χ2v) is 19.4. The van der Waals surface area contributed by atoms with Gasteiger partial charge in [-0.15, -0.1) is 0 Å². The molecule has 5 rings (SSSR count). The lowest BCUT2D eigenvalue weighted by atomic mass is 9.70. The fraction of sp³-hybridized carbons (Fsp3) is 0.655. The maximum Gasteiger partial charge on any atom is 0.407 e. The van der Waals surface area contributed by atoms with Gasteiger partial charge < -0.3 is 29.5 Å². The van der Waals surface area contributed by atoms with E-state index >= 15 is 0 Å². The van der Waals surface area contributed by atoms with Crippen LogP contribution >= 0.6 is 0 Å². The van der Waals surface area contributed by atoms with Crippen molar-refractivity contribution in [3.8, 4) is 5.82 Å². The van der Waals surface area contributed by atoms with Gasteiger partial charge in [0.25, 0.3) is 0 Å². The number of rotatable bonds is 9. The first-order chi connectivity index (χ1) is 19.7. The molecule has 13 heteroatoms. The second-order valence-electron chi connectivity index (χ2n) is 13.8. The van der Waals surface area contributed by atoms with E-state index in [1.165, 1.54) is 0 Å². The van der Waals surface area contributed by atoms with Crippen molar-refractivity contribution in [2.75, 3.05) is 31.3 Å². The summed E-state index contributed by atoms with van der Waals surface area (Å²) in [6.07, 6.45) is 3.71. The molecule has 12 nitrogen and oxygen atoms in total. The van der Waals surface area contributed by atoms with E-state index in [0.717, 1.165) is 28.6 Å². The molecule has 2 aliphatic rings. The van der Waals surface area contributed by atoms with Crippen molar-refractivity contribution in [1.82, 2.24) is 29.9 Å². The van der Waals surface area contributed by atoms with E-state index in [1.54, 1.807) is 21.8 Å². The zero-order chi connectivity index (χ0) is 30.3. The Bertz CT molecular complexity index is 1400. The number of hydrogen-bond donors (Lipinski definition) is 2. The first-order valence-corrected chi connectivity index (χ1v) is 18.5. The summed E-state index contributed by atoms with van der Waals surface area (Å²) in [4.78, 5) is 19.6. The highest BCUT2D eigenvalue weighted by Gasteiger charge is 2.47. The molecule has 1 saturated carbocycles. The van der Waals surface area contributed by atoms with Gasteiger partial charge in [-0.1, -0.05) is 19.6 Å². The monoisotopic (exact) mass is 599 g/mol. The summed E-state index contributed by atoms with van der Waals surface area (Å²) in [5.41, 5.74) is -0.376. The molecule has 1 atom stereocenters. The van der Waals surface area contributed by atoms with E-state index in [0.29, 0.717) is 51.6 Å². The van der Waals surface area contributed by atoms with Crippen LogP contribution in [0, 0.1) is 0 Å². The van der Waals surface area contributed by atoms with Crippen LogP contribution in [0.5, 0.6) is 0 Å². The molecule has 1 saturated heterocycles. The minimum Gasteiger partial charge on any atom is -0.444 e. The number of pyridine rings is 1. The summed E-state index contributed by atoms with van der Waals surface area (Å²) in [7, 11) is -1.21. The maximum absolute atomic E-state index is 12.4.